The Hall–Kier alpha value is -0.220. The van der Waals surface area contributed by atoms with Crippen LogP contribution in [0, 0.1) is 0 Å². The van der Waals surface area contributed by atoms with Crippen LogP contribution in [0.4, 0.5) is 0 Å². The molecule has 66 valence electrons. The van der Waals surface area contributed by atoms with Crippen LogP contribution < -0.4 is 0 Å². The van der Waals surface area contributed by atoms with Gasteiger partial charge in [-0.25, -0.2) is 0 Å². The maximum absolute atomic E-state index is 11.1. The fourth-order valence-electron chi connectivity index (χ4n) is 0.722. The first-order valence-electron chi connectivity index (χ1n) is 3.36. The molecule has 0 bridgehead atoms. The van der Waals surface area contributed by atoms with Crippen LogP contribution in [-0.4, -0.2) is 50.1 Å². The lowest BCUT2D eigenvalue weighted by atomic mass is 10.3. The minimum atomic E-state index is -0.163. The fourth-order valence-corrected chi connectivity index (χ4v) is 1.47. The van der Waals surface area contributed by atoms with Gasteiger partial charge in [0, 0.05) is 5.75 Å². The lowest BCUT2D eigenvalue weighted by molar-refractivity contribution is -0.145. The van der Waals surface area contributed by atoms with Gasteiger partial charge in [0.25, 0.3) is 0 Å². The van der Waals surface area contributed by atoms with Crippen molar-refractivity contribution >= 4 is 17.7 Å². The summed E-state index contributed by atoms with van der Waals surface area (Å²) in [7, 11) is 5.16. The molecule has 0 amide bonds. The third-order valence-corrected chi connectivity index (χ3v) is 2.07. The Labute approximate surface area is 72.1 Å². The molecule has 1 unspecified atom stereocenters. The van der Waals surface area contributed by atoms with Crippen molar-refractivity contribution in [2.45, 2.75) is 6.04 Å². The zero-order valence-corrected chi connectivity index (χ0v) is 8.27. The zero-order valence-electron chi connectivity index (χ0n) is 7.46. The number of carbonyl (C=O) groups is 1. The second-order valence-corrected chi connectivity index (χ2v) is 3.37. The van der Waals surface area contributed by atoms with E-state index in [-0.39, 0.29) is 12.0 Å². The van der Waals surface area contributed by atoms with E-state index in [1.165, 1.54) is 7.11 Å². The molecule has 0 radical (unpaired) electrons. The molecule has 0 rings (SSSR count). The van der Waals surface area contributed by atoms with E-state index in [4.69, 9.17) is 0 Å². The molecule has 0 fully saturated rings. The average molecular weight is 177 g/mol. The standard InChI is InChI=1S/C7H15NO2S/c1-8(2)6(5-11-4)7(9)10-3/h6H,5H2,1-4H3. The SMILES string of the molecule is COC(=O)C(CSC)N(C)C. The number of esters is 1. The normalized spacial score (nSPS) is 13.2. The first-order valence-corrected chi connectivity index (χ1v) is 4.76. The Morgan fingerprint density at radius 1 is 1.64 bits per heavy atom. The summed E-state index contributed by atoms with van der Waals surface area (Å²) >= 11 is 1.64. The summed E-state index contributed by atoms with van der Waals surface area (Å²) < 4.78 is 4.63. The van der Waals surface area contributed by atoms with Crippen LogP contribution in [0.3, 0.4) is 0 Å². The number of nitrogens with zero attached hydrogens (tertiary/aromatic N) is 1. The minimum Gasteiger partial charge on any atom is -0.468 e. The van der Waals surface area contributed by atoms with E-state index in [1.807, 2.05) is 25.3 Å². The van der Waals surface area contributed by atoms with Crippen molar-refractivity contribution in [3.63, 3.8) is 0 Å². The maximum Gasteiger partial charge on any atom is 0.323 e. The zero-order chi connectivity index (χ0) is 8.85. The topological polar surface area (TPSA) is 29.5 Å². The van der Waals surface area contributed by atoms with Gasteiger partial charge in [0.2, 0.25) is 0 Å². The Morgan fingerprint density at radius 3 is 2.45 bits per heavy atom. The molecule has 0 aliphatic heterocycles. The van der Waals surface area contributed by atoms with Crippen LogP contribution in [-0.2, 0) is 9.53 Å². The van der Waals surface area contributed by atoms with Crippen LogP contribution in [0.15, 0.2) is 0 Å². The summed E-state index contributed by atoms with van der Waals surface area (Å²) in [5, 5.41) is 0. The number of carbonyl (C=O) groups excluding carboxylic acids is 1. The molecular formula is C7H15NO2S. The number of ether oxygens (including phenoxy) is 1. The molecule has 1 atom stereocenters. The number of rotatable bonds is 4. The number of thioether (sulfide) groups is 1. The average Bonchev–Trinajstić information content (AvgIpc) is 1.98. The Balaban J connectivity index is 3.98. The highest BCUT2D eigenvalue weighted by Gasteiger charge is 2.19. The van der Waals surface area contributed by atoms with Gasteiger partial charge < -0.3 is 4.74 Å². The van der Waals surface area contributed by atoms with E-state index in [0.717, 1.165) is 5.75 Å². The van der Waals surface area contributed by atoms with Gasteiger partial charge in [0.15, 0.2) is 0 Å². The summed E-state index contributed by atoms with van der Waals surface area (Å²) in [4.78, 5) is 12.9. The number of likely N-dealkylation sites (N-methyl/N-ethyl adjacent to an activating group) is 1. The predicted octanol–water partition coefficient (Wildman–Crippen LogP) is 0.453. The lowest BCUT2D eigenvalue weighted by Gasteiger charge is -2.20. The molecular weight excluding hydrogens is 162 g/mol. The largest absolute Gasteiger partial charge is 0.468 e. The van der Waals surface area contributed by atoms with Crippen molar-refractivity contribution in [2.75, 3.05) is 33.2 Å². The number of hydrogen-bond donors (Lipinski definition) is 0. The molecule has 0 saturated carbocycles. The molecule has 0 heterocycles. The lowest BCUT2D eigenvalue weighted by Crippen LogP contribution is -2.38. The van der Waals surface area contributed by atoms with Gasteiger partial charge in [-0.1, -0.05) is 0 Å². The van der Waals surface area contributed by atoms with Gasteiger partial charge in [0.05, 0.1) is 7.11 Å². The molecule has 0 aromatic heterocycles. The van der Waals surface area contributed by atoms with Crippen LogP contribution in [0.2, 0.25) is 0 Å². The summed E-state index contributed by atoms with van der Waals surface area (Å²) in [5.74, 6) is 0.615. The molecule has 3 nitrogen and oxygen atoms in total. The fraction of sp³-hybridized carbons (Fsp3) is 0.857. The van der Waals surface area contributed by atoms with Crippen molar-refractivity contribution in [3.8, 4) is 0 Å². The highest BCUT2D eigenvalue weighted by molar-refractivity contribution is 7.98. The van der Waals surface area contributed by atoms with Gasteiger partial charge in [0.1, 0.15) is 6.04 Å². The quantitative estimate of drug-likeness (QED) is 0.583. The second-order valence-electron chi connectivity index (χ2n) is 2.46. The Morgan fingerprint density at radius 2 is 2.18 bits per heavy atom. The molecule has 0 aliphatic rings. The molecule has 0 aromatic carbocycles. The van der Waals surface area contributed by atoms with Crippen molar-refractivity contribution in [1.82, 2.24) is 4.90 Å². The first kappa shape index (κ1) is 10.8. The van der Waals surface area contributed by atoms with Crippen LogP contribution >= 0.6 is 11.8 Å². The van der Waals surface area contributed by atoms with Gasteiger partial charge in [-0.05, 0) is 20.4 Å². The van der Waals surface area contributed by atoms with Gasteiger partial charge in [-0.15, -0.1) is 0 Å². The van der Waals surface area contributed by atoms with Crippen molar-refractivity contribution in [3.05, 3.63) is 0 Å². The van der Waals surface area contributed by atoms with Crippen molar-refractivity contribution in [2.24, 2.45) is 0 Å². The van der Waals surface area contributed by atoms with Crippen LogP contribution in [0.1, 0.15) is 0 Å². The predicted molar refractivity (Wildman–Crippen MR) is 47.9 cm³/mol. The molecule has 0 aliphatic carbocycles. The van der Waals surface area contributed by atoms with Gasteiger partial charge in [-0.3, -0.25) is 9.69 Å². The van der Waals surface area contributed by atoms with E-state index in [2.05, 4.69) is 4.74 Å². The molecule has 0 saturated heterocycles. The van der Waals surface area contributed by atoms with Gasteiger partial charge >= 0.3 is 5.97 Å². The van der Waals surface area contributed by atoms with Crippen LogP contribution in [0.5, 0.6) is 0 Å². The number of methoxy groups -OCH3 is 1. The molecule has 11 heavy (non-hydrogen) atoms. The molecule has 4 heteroatoms. The maximum atomic E-state index is 11.1. The smallest absolute Gasteiger partial charge is 0.323 e. The van der Waals surface area contributed by atoms with E-state index < -0.39 is 0 Å². The third kappa shape index (κ3) is 3.62. The summed E-state index contributed by atoms with van der Waals surface area (Å²) in [6.07, 6.45) is 1.97. The third-order valence-electron chi connectivity index (χ3n) is 1.42. The molecule has 0 spiro atoms. The number of hydrogen-bond acceptors (Lipinski definition) is 4. The second kappa shape index (κ2) is 5.43. The molecule has 0 N–H and O–H groups in total. The van der Waals surface area contributed by atoms with E-state index in [9.17, 15) is 4.79 Å². The van der Waals surface area contributed by atoms with Crippen molar-refractivity contribution in [1.29, 1.82) is 0 Å². The summed E-state index contributed by atoms with van der Waals surface area (Å²) in [5.41, 5.74) is 0. The Bertz CT molecular complexity index is 128. The van der Waals surface area contributed by atoms with E-state index in [0.29, 0.717) is 0 Å². The summed E-state index contributed by atoms with van der Waals surface area (Å²) in [6.45, 7) is 0. The Kier molecular flexibility index (Phi) is 5.32. The first-order chi connectivity index (χ1) is 5.13. The van der Waals surface area contributed by atoms with E-state index >= 15 is 0 Å². The highest BCUT2D eigenvalue weighted by atomic mass is 32.2. The van der Waals surface area contributed by atoms with Crippen LogP contribution in [0.25, 0.3) is 0 Å². The van der Waals surface area contributed by atoms with Crippen molar-refractivity contribution < 1.29 is 9.53 Å². The molecule has 0 aromatic rings. The highest BCUT2D eigenvalue weighted by Crippen LogP contribution is 2.03. The van der Waals surface area contributed by atoms with E-state index in [1.54, 1.807) is 11.8 Å². The minimum absolute atomic E-state index is 0.116. The monoisotopic (exact) mass is 177 g/mol. The van der Waals surface area contributed by atoms with Gasteiger partial charge in [-0.2, -0.15) is 11.8 Å². The summed E-state index contributed by atoms with van der Waals surface area (Å²) in [6, 6.07) is -0.116.